The monoisotopic (exact) mass is 326 g/mol. The predicted molar refractivity (Wildman–Crippen MR) is 93.8 cm³/mol. The number of hydrogen-bond donors (Lipinski definition) is 1. The van der Waals surface area contributed by atoms with Gasteiger partial charge in [-0.15, -0.1) is 0 Å². The van der Waals surface area contributed by atoms with Crippen molar-refractivity contribution in [3.63, 3.8) is 0 Å². The fraction of sp³-hybridized carbons (Fsp3) is 0.444. The van der Waals surface area contributed by atoms with Gasteiger partial charge in [0.25, 0.3) is 0 Å². The third-order valence-electron chi connectivity index (χ3n) is 4.52. The molecule has 2 aromatic heterocycles. The number of nitrogen functional groups attached to an aromatic ring is 1. The Balaban J connectivity index is 1.59. The van der Waals surface area contributed by atoms with Crippen LogP contribution in [0, 0.1) is 0 Å². The molecule has 0 amide bonds. The van der Waals surface area contributed by atoms with Crippen molar-refractivity contribution >= 4 is 27.8 Å². The zero-order chi connectivity index (χ0) is 16.5. The Kier molecular flexibility index (Phi) is 4.08. The molecule has 6 nitrogen and oxygen atoms in total. The van der Waals surface area contributed by atoms with Gasteiger partial charge in [0.15, 0.2) is 5.82 Å². The summed E-state index contributed by atoms with van der Waals surface area (Å²) in [5.41, 5.74) is 8.73. The number of benzene rings is 1. The van der Waals surface area contributed by atoms with Crippen LogP contribution in [0.3, 0.4) is 0 Å². The highest BCUT2D eigenvalue weighted by atomic mass is 16.5. The van der Waals surface area contributed by atoms with Gasteiger partial charge < -0.3 is 19.8 Å². The van der Waals surface area contributed by atoms with Crippen molar-refractivity contribution < 1.29 is 9.47 Å². The van der Waals surface area contributed by atoms with Crippen LogP contribution in [0.4, 0.5) is 5.82 Å². The average molecular weight is 326 g/mol. The summed E-state index contributed by atoms with van der Waals surface area (Å²) < 4.78 is 13.7. The maximum absolute atomic E-state index is 6.07. The molecule has 1 fully saturated rings. The van der Waals surface area contributed by atoms with Crippen LogP contribution < -0.4 is 5.73 Å². The van der Waals surface area contributed by atoms with E-state index in [-0.39, 0.29) is 12.2 Å². The minimum absolute atomic E-state index is 0.0692. The predicted octanol–water partition coefficient (Wildman–Crippen LogP) is 2.75. The first-order valence-electron chi connectivity index (χ1n) is 8.44. The highest BCUT2D eigenvalue weighted by Gasteiger charge is 2.18. The molecule has 1 aromatic carbocycles. The van der Waals surface area contributed by atoms with Gasteiger partial charge in [-0.25, -0.2) is 9.97 Å². The Morgan fingerprint density at radius 1 is 1.42 bits per heavy atom. The molecule has 126 valence electrons. The summed E-state index contributed by atoms with van der Waals surface area (Å²) in [6.45, 7) is 4.30. The number of ether oxygens (including phenoxy) is 2. The van der Waals surface area contributed by atoms with Crippen molar-refractivity contribution in [2.75, 3.05) is 18.9 Å². The summed E-state index contributed by atoms with van der Waals surface area (Å²) in [6.07, 6.45) is 4.36. The van der Waals surface area contributed by atoms with E-state index in [4.69, 9.17) is 15.2 Å². The van der Waals surface area contributed by atoms with Crippen molar-refractivity contribution in [3.8, 4) is 0 Å². The number of aromatic nitrogens is 3. The van der Waals surface area contributed by atoms with E-state index in [1.165, 1.54) is 0 Å². The number of rotatable bonds is 5. The fourth-order valence-electron chi connectivity index (χ4n) is 3.32. The quantitative estimate of drug-likeness (QED) is 0.780. The van der Waals surface area contributed by atoms with E-state index in [0.29, 0.717) is 12.4 Å². The van der Waals surface area contributed by atoms with E-state index in [1.807, 2.05) is 24.5 Å². The minimum atomic E-state index is 0.0692. The zero-order valence-electron chi connectivity index (χ0n) is 13.8. The molecule has 1 aliphatic rings. The van der Waals surface area contributed by atoms with Gasteiger partial charge >= 0.3 is 0 Å². The van der Waals surface area contributed by atoms with Crippen LogP contribution in [0.5, 0.6) is 0 Å². The summed E-state index contributed by atoms with van der Waals surface area (Å²) in [5, 5.41) is 1.06. The number of nitrogens with two attached hydrogens (primary N) is 1. The molecule has 3 heterocycles. The molecule has 24 heavy (non-hydrogen) atoms. The molecule has 0 bridgehead atoms. The molecular formula is C18H22N4O2. The lowest BCUT2D eigenvalue weighted by Crippen LogP contribution is -2.22. The Bertz CT molecular complexity index is 855. The average Bonchev–Trinajstić information content (AvgIpc) is 3.23. The van der Waals surface area contributed by atoms with Gasteiger partial charge in [-0.1, -0.05) is 18.2 Å². The first-order chi connectivity index (χ1) is 11.7. The Hall–Kier alpha value is -2.18. The molecular weight excluding hydrogens is 304 g/mol. The number of para-hydroxylation sites is 1. The molecule has 0 aliphatic carbocycles. The van der Waals surface area contributed by atoms with Gasteiger partial charge in [0, 0.05) is 12.0 Å². The normalized spacial score (nSPS) is 19.3. The Morgan fingerprint density at radius 3 is 3.12 bits per heavy atom. The van der Waals surface area contributed by atoms with Gasteiger partial charge in [0.05, 0.1) is 42.7 Å². The van der Waals surface area contributed by atoms with Gasteiger partial charge in [-0.2, -0.15) is 0 Å². The molecule has 6 heteroatoms. The SMILES string of the molecule is CC(Cn1cnc2c(N)nc3ccccc3c21)OCC1CCCO1. The largest absolute Gasteiger partial charge is 0.382 e. The van der Waals surface area contributed by atoms with Crippen LogP contribution in [-0.4, -0.2) is 40.0 Å². The molecule has 4 rings (SSSR count). The Morgan fingerprint density at radius 2 is 2.29 bits per heavy atom. The van der Waals surface area contributed by atoms with E-state index >= 15 is 0 Å². The second-order valence-corrected chi connectivity index (χ2v) is 6.39. The summed E-state index contributed by atoms with van der Waals surface area (Å²) in [5.74, 6) is 0.468. The van der Waals surface area contributed by atoms with E-state index in [2.05, 4.69) is 27.5 Å². The van der Waals surface area contributed by atoms with E-state index in [0.717, 1.165) is 47.9 Å². The first-order valence-corrected chi connectivity index (χ1v) is 8.44. The first kappa shape index (κ1) is 15.4. The van der Waals surface area contributed by atoms with E-state index < -0.39 is 0 Å². The lowest BCUT2D eigenvalue weighted by atomic mass is 10.2. The van der Waals surface area contributed by atoms with E-state index in [9.17, 15) is 0 Å². The number of nitrogens with zero attached hydrogens (tertiary/aromatic N) is 3. The maximum atomic E-state index is 6.07. The number of pyridine rings is 1. The maximum Gasteiger partial charge on any atom is 0.152 e. The van der Waals surface area contributed by atoms with Gasteiger partial charge in [-0.05, 0) is 25.8 Å². The zero-order valence-corrected chi connectivity index (χ0v) is 13.8. The molecule has 0 radical (unpaired) electrons. The molecule has 0 saturated carbocycles. The molecule has 1 aliphatic heterocycles. The van der Waals surface area contributed by atoms with Crippen molar-refractivity contribution in [1.29, 1.82) is 0 Å². The third-order valence-corrected chi connectivity index (χ3v) is 4.52. The molecule has 3 aromatic rings. The highest BCUT2D eigenvalue weighted by Crippen LogP contribution is 2.27. The highest BCUT2D eigenvalue weighted by molar-refractivity contribution is 6.06. The van der Waals surface area contributed by atoms with Crippen LogP contribution in [0.2, 0.25) is 0 Å². The standard InChI is InChI=1S/C18H22N4O2/c1-12(24-10-13-5-4-8-23-13)9-22-11-20-16-17(22)14-6-2-3-7-15(14)21-18(16)19/h2-3,6-7,11-13H,4-5,8-10H2,1H3,(H2,19,21). The van der Waals surface area contributed by atoms with Crippen LogP contribution >= 0.6 is 0 Å². The molecule has 0 spiro atoms. The van der Waals surface area contributed by atoms with Crippen LogP contribution in [0.15, 0.2) is 30.6 Å². The molecule has 2 unspecified atom stereocenters. The second kappa shape index (κ2) is 6.37. The van der Waals surface area contributed by atoms with Crippen molar-refractivity contribution in [2.45, 2.75) is 38.5 Å². The molecule has 2 atom stereocenters. The van der Waals surface area contributed by atoms with Gasteiger partial charge in [0.1, 0.15) is 5.52 Å². The van der Waals surface area contributed by atoms with Crippen molar-refractivity contribution in [3.05, 3.63) is 30.6 Å². The van der Waals surface area contributed by atoms with Gasteiger partial charge in [-0.3, -0.25) is 0 Å². The topological polar surface area (TPSA) is 75.2 Å². The van der Waals surface area contributed by atoms with E-state index in [1.54, 1.807) is 0 Å². The van der Waals surface area contributed by atoms with Gasteiger partial charge in [0.2, 0.25) is 0 Å². The summed E-state index contributed by atoms with van der Waals surface area (Å²) in [4.78, 5) is 8.89. The van der Waals surface area contributed by atoms with Crippen LogP contribution in [-0.2, 0) is 16.0 Å². The minimum Gasteiger partial charge on any atom is -0.382 e. The fourth-order valence-corrected chi connectivity index (χ4v) is 3.32. The Labute approximate surface area is 140 Å². The smallest absolute Gasteiger partial charge is 0.152 e. The summed E-state index contributed by atoms with van der Waals surface area (Å²) in [6, 6.07) is 8.00. The lowest BCUT2D eigenvalue weighted by molar-refractivity contribution is -0.0187. The van der Waals surface area contributed by atoms with Crippen molar-refractivity contribution in [2.24, 2.45) is 0 Å². The second-order valence-electron chi connectivity index (χ2n) is 6.39. The number of hydrogen-bond acceptors (Lipinski definition) is 5. The molecule has 1 saturated heterocycles. The van der Waals surface area contributed by atoms with Crippen LogP contribution in [0.25, 0.3) is 21.9 Å². The number of fused-ring (bicyclic) bond motifs is 3. The van der Waals surface area contributed by atoms with Crippen molar-refractivity contribution in [1.82, 2.24) is 14.5 Å². The third kappa shape index (κ3) is 2.83. The van der Waals surface area contributed by atoms with Crippen LogP contribution in [0.1, 0.15) is 19.8 Å². The lowest BCUT2D eigenvalue weighted by Gasteiger charge is -2.17. The number of anilines is 1. The molecule has 2 N–H and O–H groups in total. The number of imidazole rings is 1. The summed E-state index contributed by atoms with van der Waals surface area (Å²) >= 11 is 0. The summed E-state index contributed by atoms with van der Waals surface area (Å²) in [7, 11) is 0.